The molecule has 3 rings (SSSR count). The van der Waals surface area contributed by atoms with E-state index in [0.29, 0.717) is 16.9 Å². The van der Waals surface area contributed by atoms with Crippen LogP contribution in [0.3, 0.4) is 0 Å². The summed E-state index contributed by atoms with van der Waals surface area (Å²) in [7, 11) is 0. The van der Waals surface area contributed by atoms with Crippen molar-refractivity contribution in [2.24, 2.45) is 0 Å². The Morgan fingerprint density at radius 1 is 1.16 bits per heavy atom. The van der Waals surface area contributed by atoms with E-state index in [1.807, 2.05) is 42.2 Å². The minimum absolute atomic E-state index is 0. The highest BCUT2D eigenvalue weighted by Gasteiger charge is 2.30. The van der Waals surface area contributed by atoms with E-state index in [1.54, 1.807) is 12.1 Å². The Kier molecular flexibility index (Phi) is 4.80. The molecule has 2 aromatic rings. The maximum Gasteiger partial charge on any atom is 0.272 e. The van der Waals surface area contributed by atoms with Crippen molar-refractivity contribution in [1.29, 1.82) is 0 Å². The van der Waals surface area contributed by atoms with Gasteiger partial charge in [0.2, 0.25) is 0 Å². The molecule has 0 unspecified atom stereocenters. The number of anilines is 2. The van der Waals surface area contributed by atoms with E-state index >= 15 is 0 Å². The second-order valence-corrected chi connectivity index (χ2v) is 6.79. The average Bonchev–Trinajstić information content (AvgIpc) is 3.08. The summed E-state index contributed by atoms with van der Waals surface area (Å²) >= 11 is 0. The summed E-state index contributed by atoms with van der Waals surface area (Å²) in [5.41, 5.74) is 4.03. The number of hydrogen-bond acceptors (Lipinski definition) is 2. The van der Waals surface area contributed by atoms with Crippen molar-refractivity contribution in [3.05, 3.63) is 65.7 Å². The lowest BCUT2D eigenvalue weighted by molar-refractivity contribution is 0.0179. The highest BCUT2D eigenvalue weighted by atomic mass is 19.3. The van der Waals surface area contributed by atoms with E-state index in [4.69, 9.17) is 0 Å². The zero-order chi connectivity index (χ0) is 18.0. The third kappa shape index (κ3) is 4.01. The largest absolute Gasteiger partial charge is 0.371 e. The zero-order valence-corrected chi connectivity index (χ0v) is 14.8. The second-order valence-electron chi connectivity index (χ2n) is 6.79. The maximum absolute atomic E-state index is 14.2. The molecule has 1 heterocycles. The number of nitrogens with one attached hydrogen (secondary N) is 1. The number of benzene rings is 2. The first-order chi connectivity index (χ1) is 11.8. The van der Waals surface area contributed by atoms with Crippen molar-refractivity contribution in [2.45, 2.75) is 32.6 Å². The smallest absolute Gasteiger partial charge is 0.272 e. The topological polar surface area (TPSA) is 15.3 Å². The molecule has 134 valence electrons. The fourth-order valence-corrected chi connectivity index (χ4v) is 3.28. The normalized spacial score (nSPS) is 14.6. The van der Waals surface area contributed by atoms with Gasteiger partial charge in [-0.15, -0.1) is 0 Å². The Bertz CT molecular complexity index is 778. The fourth-order valence-electron chi connectivity index (χ4n) is 3.28. The van der Waals surface area contributed by atoms with Crippen LogP contribution in [-0.2, 0) is 5.92 Å². The highest BCUT2D eigenvalue weighted by molar-refractivity contribution is 5.77. The van der Waals surface area contributed by atoms with Crippen LogP contribution >= 0.6 is 0 Å². The number of aryl methyl sites for hydroxylation is 1. The van der Waals surface area contributed by atoms with Crippen LogP contribution in [0.25, 0.3) is 5.70 Å². The van der Waals surface area contributed by atoms with Crippen LogP contribution in [0.5, 0.6) is 0 Å². The van der Waals surface area contributed by atoms with E-state index in [-0.39, 0.29) is 6.99 Å². The van der Waals surface area contributed by atoms with Gasteiger partial charge in [-0.2, -0.15) is 0 Å². The summed E-state index contributed by atoms with van der Waals surface area (Å²) in [5, 5.41) is 3.21. The molecule has 25 heavy (non-hydrogen) atoms. The molecule has 4 heteroatoms. The van der Waals surface area contributed by atoms with Crippen molar-refractivity contribution in [1.82, 2.24) is 0 Å². The van der Waals surface area contributed by atoms with Crippen LogP contribution in [0.4, 0.5) is 20.2 Å². The molecule has 0 radical (unpaired) electrons. The molecule has 1 fully saturated rings. The van der Waals surface area contributed by atoms with Gasteiger partial charge in [0.25, 0.3) is 5.92 Å². The first-order valence-corrected chi connectivity index (χ1v) is 8.65. The van der Waals surface area contributed by atoms with Crippen LogP contribution in [0, 0.1) is 6.92 Å². The first-order valence-electron chi connectivity index (χ1n) is 8.65. The summed E-state index contributed by atoms with van der Waals surface area (Å²) in [4.78, 5) is 2.05. The molecule has 1 aliphatic heterocycles. The Labute approximate surface area is 149 Å². The number of halogens is 2. The predicted molar refractivity (Wildman–Crippen MR) is 103 cm³/mol. The van der Waals surface area contributed by atoms with Gasteiger partial charge in [0.1, 0.15) is 0 Å². The molecule has 0 aliphatic carbocycles. The van der Waals surface area contributed by atoms with Gasteiger partial charge < -0.3 is 10.2 Å². The molecule has 0 amide bonds. The lowest BCUT2D eigenvalue weighted by Gasteiger charge is -2.25. The Hall–Kier alpha value is -2.36. The van der Waals surface area contributed by atoms with Crippen LogP contribution in [0.1, 0.15) is 37.9 Å². The summed E-state index contributed by atoms with van der Waals surface area (Å²) in [6.45, 7) is 8.68. The van der Waals surface area contributed by atoms with Crippen LogP contribution in [-0.4, -0.2) is 13.1 Å². The second kappa shape index (κ2) is 6.87. The molecule has 1 aliphatic rings. The Morgan fingerprint density at radius 3 is 2.52 bits per heavy atom. The monoisotopic (exact) mass is 344 g/mol. The number of alkyl halides is 2. The Morgan fingerprint density at radius 2 is 1.88 bits per heavy atom. The summed E-state index contributed by atoms with van der Waals surface area (Å²) < 4.78 is 28.4. The van der Waals surface area contributed by atoms with E-state index in [9.17, 15) is 8.78 Å². The van der Waals surface area contributed by atoms with Crippen LogP contribution in [0.15, 0.2) is 49.0 Å². The molecular weight excluding hydrogens is 318 g/mol. The van der Waals surface area contributed by atoms with E-state index in [0.717, 1.165) is 44.1 Å². The third-order valence-electron chi connectivity index (χ3n) is 4.58. The van der Waals surface area contributed by atoms with Gasteiger partial charge in [-0.05, 0) is 55.2 Å². The minimum Gasteiger partial charge on any atom is -0.371 e. The minimum atomic E-state index is -2.89. The van der Waals surface area contributed by atoms with Crippen molar-refractivity contribution < 1.29 is 10.2 Å². The SMILES string of the molecule is C=C(Nc1cccc(C)c1)c1ccc(N2CCCC2)c(C(C)(F)F)c1.[HH]. The van der Waals surface area contributed by atoms with Gasteiger partial charge in [0.15, 0.2) is 0 Å². The summed E-state index contributed by atoms with van der Waals surface area (Å²) in [6, 6.07) is 13.1. The molecule has 0 saturated carbocycles. The van der Waals surface area contributed by atoms with Gasteiger partial charge >= 0.3 is 0 Å². The molecule has 1 saturated heterocycles. The highest BCUT2D eigenvalue weighted by Crippen LogP contribution is 2.38. The van der Waals surface area contributed by atoms with E-state index < -0.39 is 5.92 Å². The molecule has 0 atom stereocenters. The van der Waals surface area contributed by atoms with Crippen LogP contribution in [0.2, 0.25) is 0 Å². The van der Waals surface area contributed by atoms with Crippen molar-refractivity contribution in [2.75, 3.05) is 23.3 Å². The summed E-state index contributed by atoms with van der Waals surface area (Å²) in [6.07, 6.45) is 2.11. The standard InChI is InChI=1S/C21H24F2N2.H2/c1-15-7-6-8-18(13-15)24-16(2)17-9-10-20(25-11-4-5-12-25)19(14-17)21(3,22)23;/h6-10,13-14,24H,2,4-5,11-12H2,1,3H3;1H. The lowest BCUT2D eigenvalue weighted by atomic mass is 10.0. The number of nitrogens with zero attached hydrogens (tertiary/aromatic N) is 1. The van der Waals surface area contributed by atoms with Gasteiger partial charge in [0, 0.05) is 44.1 Å². The molecule has 2 nitrogen and oxygen atoms in total. The third-order valence-corrected chi connectivity index (χ3v) is 4.58. The summed E-state index contributed by atoms with van der Waals surface area (Å²) in [5.74, 6) is -2.89. The van der Waals surface area contributed by atoms with Gasteiger partial charge in [-0.25, -0.2) is 8.78 Å². The van der Waals surface area contributed by atoms with Crippen molar-refractivity contribution >= 4 is 17.1 Å². The fraction of sp³-hybridized carbons (Fsp3) is 0.333. The van der Waals surface area contributed by atoms with E-state index in [1.165, 1.54) is 0 Å². The average molecular weight is 344 g/mol. The molecule has 0 bridgehead atoms. The predicted octanol–water partition coefficient (Wildman–Crippen LogP) is 6.04. The lowest BCUT2D eigenvalue weighted by Crippen LogP contribution is -2.22. The van der Waals surface area contributed by atoms with Gasteiger partial charge in [0.05, 0.1) is 0 Å². The molecule has 2 aromatic carbocycles. The Balaban J connectivity index is 0.00000243. The van der Waals surface area contributed by atoms with Crippen LogP contribution < -0.4 is 10.2 Å². The van der Waals surface area contributed by atoms with Crippen molar-refractivity contribution in [3.63, 3.8) is 0 Å². The number of hydrogen-bond donors (Lipinski definition) is 1. The number of rotatable bonds is 5. The molecule has 1 N–H and O–H groups in total. The van der Waals surface area contributed by atoms with Gasteiger partial charge in [-0.3, -0.25) is 0 Å². The quantitative estimate of drug-likeness (QED) is 0.712. The maximum atomic E-state index is 14.2. The van der Waals surface area contributed by atoms with Gasteiger partial charge in [-0.1, -0.05) is 24.8 Å². The van der Waals surface area contributed by atoms with E-state index in [2.05, 4.69) is 11.9 Å². The molecule has 0 aromatic heterocycles. The molecule has 0 spiro atoms. The zero-order valence-electron chi connectivity index (χ0n) is 14.8. The molecular formula is C21H26F2N2. The van der Waals surface area contributed by atoms with Crippen molar-refractivity contribution in [3.8, 4) is 0 Å². The first kappa shape index (κ1) is 17.5.